The highest BCUT2D eigenvalue weighted by Gasteiger charge is 2.37. The van der Waals surface area contributed by atoms with Crippen LogP contribution < -0.4 is 15.0 Å². The molecule has 0 saturated carbocycles. The first kappa shape index (κ1) is 18.8. The van der Waals surface area contributed by atoms with Gasteiger partial charge in [0.05, 0.1) is 12.8 Å². The molecule has 1 fully saturated rings. The van der Waals surface area contributed by atoms with E-state index in [1.165, 1.54) is 13.2 Å². The largest absolute Gasteiger partial charge is 0.496 e. The Bertz CT molecular complexity index is 977. The van der Waals surface area contributed by atoms with E-state index in [0.717, 1.165) is 20.5 Å². The van der Waals surface area contributed by atoms with Crippen LogP contribution in [-0.2, 0) is 9.59 Å². The van der Waals surface area contributed by atoms with Gasteiger partial charge in [0.1, 0.15) is 11.3 Å². The Morgan fingerprint density at radius 2 is 1.70 bits per heavy atom. The van der Waals surface area contributed by atoms with Gasteiger partial charge in [0.2, 0.25) is 0 Å². The maximum Gasteiger partial charge on any atom is 0.335 e. The zero-order chi connectivity index (χ0) is 19.7. The van der Waals surface area contributed by atoms with E-state index in [9.17, 15) is 14.4 Å². The molecule has 0 spiro atoms. The van der Waals surface area contributed by atoms with Crippen molar-refractivity contribution >= 4 is 45.5 Å². The van der Waals surface area contributed by atoms with Crippen LogP contribution in [0.1, 0.15) is 16.7 Å². The number of rotatable bonds is 3. The van der Waals surface area contributed by atoms with Crippen molar-refractivity contribution in [1.29, 1.82) is 0 Å². The summed E-state index contributed by atoms with van der Waals surface area (Å²) in [6, 6.07) is 9.83. The van der Waals surface area contributed by atoms with E-state index in [4.69, 9.17) is 4.74 Å². The maximum atomic E-state index is 13.0. The molecule has 6 nitrogen and oxygen atoms in total. The molecule has 1 heterocycles. The monoisotopic (exact) mass is 428 g/mol. The van der Waals surface area contributed by atoms with Crippen LogP contribution in [0.15, 0.2) is 46.4 Å². The number of nitrogens with zero attached hydrogens (tertiary/aromatic N) is 1. The van der Waals surface area contributed by atoms with Crippen LogP contribution in [0.3, 0.4) is 0 Å². The van der Waals surface area contributed by atoms with Crippen LogP contribution in [0.2, 0.25) is 0 Å². The summed E-state index contributed by atoms with van der Waals surface area (Å²) in [4.78, 5) is 38.6. The van der Waals surface area contributed by atoms with E-state index >= 15 is 0 Å². The lowest BCUT2D eigenvalue weighted by atomic mass is 10.0. The average molecular weight is 429 g/mol. The van der Waals surface area contributed by atoms with Gasteiger partial charge in [-0.1, -0.05) is 22.0 Å². The highest BCUT2D eigenvalue weighted by Crippen LogP contribution is 2.28. The second kappa shape index (κ2) is 7.36. The van der Waals surface area contributed by atoms with E-state index in [0.29, 0.717) is 17.0 Å². The van der Waals surface area contributed by atoms with Gasteiger partial charge in [-0.25, -0.2) is 9.69 Å². The van der Waals surface area contributed by atoms with Gasteiger partial charge in [-0.15, -0.1) is 0 Å². The first-order chi connectivity index (χ1) is 12.8. The summed E-state index contributed by atoms with van der Waals surface area (Å²) in [5, 5.41) is 2.23. The summed E-state index contributed by atoms with van der Waals surface area (Å²) >= 11 is 3.36. The van der Waals surface area contributed by atoms with Gasteiger partial charge in [-0.05, 0) is 61.4 Å². The summed E-state index contributed by atoms with van der Waals surface area (Å²) in [5.41, 5.74) is 2.61. The molecule has 1 saturated heterocycles. The normalized spacial score (nSPS) is 15.9. The number of carbonyl (C=O) groups excluding carboxylic acids is 3. The number of aryl methyl sites for hydroxylation is 2. The summed E-state index contributed by atoms with van der Waals surface area (Å²) in [6.07, 6.45) is 1.42. The number of amides is 4. The number of ether oxygens (including phenoxy) is 1. The summed E-state index contributed by atoms with van der Waals surface area (Å²) in [6.45, 7) is 3.74. The zero-order valence-electron chi connectivity index (χ0n) is 15.0. The summed E-state index contributed by atoms with van der Waals surface area (Å²) in [5.74, 6) is -0.926. The fourth-order valence-corrected chi connectivity index (χ4v) is 3.32. The van der Waals surface area contributed by atoms with Gasteiger partial charge >= 0.3 is 6.03 Å². The molecule has 1 N–H and O–H groups in total. The van der Waals surface area contributed by atoms with E-state index in [-0.39, 0.29) is 5.57 Å². The Morgan fingerprint density at radius 1 is 1.04 bits per heavy atom. The highest BCUT2D eigenvalue weighted by molar-refractivity contribution is 9.10. The van der Waals surface area contributed by atoms with Crippen LogP contribution in [0.25, 0.3) is 6.08 Å². The molecular weight excluding hydrogens is 412 g/mol. The zero-order valence-corrected chi connectivity index (χ0v) is 16.6. The molecule has 7 heteroatoms. The summed E-state index contributed by atoms with van der Waals surface area (Å²) in [7, 11) is 1.50. The lowest BCUT2D eigenvalue weighted by Crippen LogP contribution is -2.54. The van der Waals surface area contributed by atoms with Crippen molar-refractivity contribution in [2.45, 2.75) is 13.8 Å². The smallest absolute Gasteiger partial charge is 0.335 e. The van der Waals surface area contributed by atoms with Crippen molar-refractivity contribution in [3.05, 3.63) is 63.1 Å². The van der Waals surface area contributed by atoms with Crippen LogP contribution in [0.4, 0.5) is 10.5 Å². The molecule has 1 aliphatic heterocycles. The predicted octanol–water partition coefficient (Wildman–Crippen LogP) is 3.74. The minimum absolute atomic E-state index is 0.148. The summed E-state index contributed by atoms with van der Waals surface area (Å²) < 4.78 is 6.05. The van der Waals surface area contributed by atoms with Crippen molar-refractivity contribution in [3.63, 3.8) is 0 Å². The van der Waals surface area contributed by atoms with E-state index in [1.54, 1.807) is 30.3 Å². The first-order valence-corrected chi connectivity index (χ1v) is 8.92. The first-order valence-electron chi connectivity index (χ1n) is 8.13. The maximum absolute atomic E-state index is 13.0. The Kier molecular flexibility index (Phi) is 5.14. The molecule has 2 aromatic carbocycles. The van der Waals surface area contributed by atoms with Crippen molar-refractivity contribution in [2.75, 3.05) is 12.0 Å². The van der Waals surface area contributed by atoms with Crippen molar-refractivity contribution in [2.24, 2.45) is 0 Å². The Labute approximate surface area is 164 Å². The van der Waals surface area contributed by atoms with Crippen molar-refractivity contribution < 1.29 is 19.1 Å². The molecule has 27 heavy (non-hydrogen) atoms. The number of hydrogen-bond acceptors (Lipinski definition) is 4. The quantitative estimate of drug-likeness (QED) is 0.596. The molecule has 0 unspecified atom stereocenters. The van der Waals surface area contributed by atoms with Crippen LogP contribution in [-0.4, -0.2) is 25.0 Å². The second-order valence-electron chi connectivity index (χ2n) is 6.19. The Hall–Kier alpha value is -2.93. The highest BCUT2D eigenvalue weighted by atomic mass is 79.9. The van der Waals surface area contributed by atoms with Gasteiger partial charge in [-0.3, -0.25) is 14.9 Å². The molecule has 3 rings (SSSR count). The molecule has 138 valence electrons. The lowest BCUT2D eigenvalue weighted by molar-refractivity contribution is -0.122. The molecule has 4 amide bonds. The third kappa shape index (κ3) is 3.78. The molecule has 2 aromatic rings. The number of hydrogen-bond donors (Lipinski definition) is 1. The third-order valence-electron chi connectivity index (χ3n) is 4.06. The fraction of sp³-hybridized carbons (Fsp3) is 0.150. The van der Waals surface area contributed by atoms with Crippen LogP contribution >= 0.6 is 15.9 Å². The molecule has 0 radical (unpaired) electrons. The number of carbonyl (C=O) groups is 3. The SMILES string of the molecule is COc1ccc(Br)cc1C=C1C(=O)NC(=O)N(c2cc(C)cc(C)c2)C1=O. The van der Waals surface area contributed by atoms with E-state index in [1.807, 2.05) is 19.9 Å². The Morgan fingerprint density at radius 3 is 2.33 bits per heavy atom. The van der Waals surface area contributed by atoms with E-state index in [2.05, 4.69) is 21.2 Å². The minimum atomic E-state index is -0.770. The molecule has 0 aliphatic carbocycles. The molecular formula is C20H17BrN2O4. The van der Waals surface area contributed by atoms with Crippen molar-refractivity contribution in [1.82, 2.24) is 5.32 Å². The standard InChI is InChI=1S/C20H17BrN2O4/c1-11-6-12(2)8-15(7-11)23-19(25)16(18(24)22-20(23)26)10-13-9-14(21)4-5-17(13)27-3/h4-10H,1-3H3,(H,22,24,26). The van der Waals surface area contributed by atoms with Gasteiger partial charge < -0.3 is 4.74 Å². The number of methoxy groups -OCH3 is 1. The number of imide groups is 2. The lowest BCUT2D eigenvalue weighted by Gasteiger charge is -2.27. The molecule has 0 atom stereocenters. The average Bonchev–Trinajstić information content (AvgIpc) is 2.57. The molecule has 0 aromatic heterocycles. The molecule has 1 aliphatic rings. The number of urea groups is 1. The number of nitrogens with one attached hydrogen (secondary N) is 1. The number of benzene rings is 2. The van der Waals surface area contributed by atoms with Crippen LogP contribution in [0.5, 0.6) is 5.75 Å². The van der Waals surface area contributed by atoms with Crippen molar-refractivity contribution in [3.8, 4) is 5.75 Å². The number of halogens is 1. The van der Waals surface area contributed by atoms with Crippen LogP contribution in [0, 0.1) is 13.8 Å². The van der Waals surface area contributed by atoms with E-state index < -0.39 is 17.8 Å². The number of barbiturate groups is 1. The van der Waals surface area contributed by atoms with Gasteiger partial charge in [-0.2, -0.15) is 0 Å². The van der Waals surface area contributed by atoms with Gasteiger partial charge in [0, 0.05) is 10.0 Å². The third-order valence-corrected chi connectivity index (χ3v) is 4.55. The Balaban J connectivity index is 2.09. The molecule has 0 bridgehead atoms. The minimum Gasteiger partial charge on any atom is -0.496 e. The second-order valence-corrected chi connectivity index (χ2v) is 7.11. The fourth-order valence-electron chi connectivity index (χ4n) is 2.95. The topological polar surface area (TPSA) is 75.7 Å². The predicted molar refractivity (Wildman–Crippen MR) is 106 cm³/mol. The van der Waals surface area contributed by atoms with Gasteiger partial charge in [0.25, 0.3) is 11.8 Å². The number of anilines is 1. The van der Waals surface area contributed by atoms with Gasteiger partial charge in [0.15, 0.2) is 0 Å².